The van der Waals surface area contributed by atoms with E-state index in [1.165, 1.54) is 7.11 Å². The minimum Gasteiger partial charge on any atom is -0.503 e. The van der Waals surface area contributed by atoms with Gasteiger partial charge in [0.2, 0.25) is 0 Å². The summed E-state index contributed by atoms with van der Waals surface area (Å²) in [6.07, 6.45) is 0.389. The van der Waals surface area contributed by atoms with Gasteiger partial charge in [0.1, 0.15) is 0 Å². The third kappa shape index (κ3) is 5.69. The molecule has 0 aliphatic rings. The number of rotatable bonds is 6. The van der Waals surface area contributed by atoms with Gasteiger partial charge in [-0.2, -0.15) is 0 Å². The number of aromatic hydroxyl groups is 1. The molecule has 0 saturated carbocycles. The summed E-state index contributed by atoms with van der Waals surface area (Å²) in [5, 5.41) is 22.9. The van der Waals surface area contributed by atoms with Crippen LogP contribution in [0.1, 0.15) is 32.8 Å². The van der Waals surface area contributed by atoms with Crippen molar-refractivity contribution in [1.82, 2.24) is 5.32 Å². The molecule has 114 valence electrons. The molecule has 0 aliphatic carbocycles. The van der Waals surface area contributed by atoms with Gasteiger partial charge in [0.15, 0.2) is 11.5 Å². The van der Waals surface area contributed by atoms with Gasteiger partial charge in [-0.25, -0.2) is 0 Å². The maximum absolute atomic E-state index is 9.93. The van der Waals surface area contributed by atoms with Gasteiger partial charge in [-0.15, -0.1) is 0 Å². The highest BCUT2D eigenvalue weighted by Gasteiger charge is 2.16. The van der Waals surface area contributed by atoms with E-state index < -0.39 is 0 Å². The lowest BCUT2D eigenvalue weighted by Crippen LogP contribution is -2.29. The third-order valence-corrected chi connectivity index (χ3v) is 3.47. The average Bonchev–Trinajstić information content (AvgIpc) is 2.31. The quantitative estimate of drug-likeness (QED) is 0.741. The first-order chi connectivity index (χ1) is 9.23. The molecule has 0 spiro atoms. The minimum atomic E-state index is -0.363. The maximum Gasteiger partial charge on any atom is 0.172 e. The van der Waals surface area contributed by atoms with E-state index in [1.807, 2.05) is 6.07 Å². The van der Waals surface area contributed by atoms with Gasteiger partial charge in [0, 0.05) is 13.1 Å². The second-order valence-corrected chi connectivity index (χ2v) is 7.03. The fourth-order valence-electron chi connectivity index (χ4n) is 2.05. The molecule has 3 N–H and O–H groups in total. The number of ether oxygens (including phenoxy) is 1. The summed E-state index contributed by atoms with van der Waals surface area (Å²) in [6, 6.07) is 3.62. The number of aliphatic hydroxyl groups excluding tert-OH is 1. The van der Waals surface area contributed by atoms with Crippen molar-refractivity contribution in [3.05, 3.63) is 22.2 Å². The zero-order chi connectivity index (χ0) is 15.3. The SMILES string of the molecule is COc1cc(CNCC(O)CC(C)(C)C)cc(Br)c1O. The van der Waals surface area contributed by atoms with E-state index in [9.17, 15) is 10.2 Å². The van der Waals surface area contributed by atoms with Crippen molar-refractivity contribution in [2.75, 3.05) is 13.7 Å². The third-order valence-electron chi connectivity index (χ3n) is 2.87. The van der Waals surface area contributed by atoms with E-state index in [-0.39, 0.29) is 17.3 Å². The average molecular weight is 346 g/mol. The van der Waals surface area contributed by atoms with E-state index in [0.29, 0.717) is 23.3 Å². The highest BCUT2D eigenvalue weighted by atomic mass is 79.9. The van der Waals surface area contributed by atoms with Crippen LogP contribution in [0.3, 0.4) is 0 Å². The molecular weight excluding hydrogens is 322 g/mol. The molecule has 20 heavy (non-hydrogen) atoms. The second-order valence-electron chi connectivity index (χ2n) is 6.18. The van der Waals surface area contributed by atoms with E-state index in [0.717, 1.165) is 12.0 Å². The monoisotopic (exact) mass is 345 g/mol. The molecule has 5 heteroatoms. The number of phenolic OH excluding ortho intramolecular Hbond substituents is 1. The lowest BCUT2D eigenvalue weighted by molar-refractivity contribution is 0.119. The lowest BCUT2D eigenvalue weighted by Gasteiger charge is -2.22. The fourth-order valence-corrected chi connectivity index (χ4v) is 2.54. The predicted molar refractivity (Wildman–Crippen MR) is 84.1 cm³/mol. The van der Waals surface area contributed by atoms with Gasteiger partial charge in [-0.05, 0) is 45.5 Å². The largest absolute Gasteiger partial charge is 0.503 e. The zero-order valence-corrected chi connectivity index (χ0v) is 14.1. The highest BCUT2D eigenvalue weighted by Crippen LogP contribution is 2.35. The van der Waals surface area contributed by atoms with Crippen molar-refractivity contribution < 1.29 is 14.9 Å². The van der Waals surface area contributed by atoms with Crippen molar-refractivity contribution >= 4 is 15.9 Å². The Balaban J connectivity index is 2.52. The number of methoxy groups -OCH3 is 1. The molecule has 1 rings (SSSR count). The van der Waals surface area contributed by atoms with E-state index in [2.05, 4.69) is 42.0 Å². The Morgan fingerprint density at radius 1 is 1.35 bits per heavy atom. The molecular formula is C15H24BrNO3. The first kappa shape index (κ1) is 17.3. The van der Waals surface area contributed by atoms with E-state index >= 15 is 0 Å². The van der Waals surface area contributed by atoms with Crippen LogP contribution in [0.15, 0.2) is 16.6 Å². The first-order valence-electron chi connectivity index (χ1n) is 6.67. The first-order valence-corrected chi connectivity index (χ1v) is 7.46. The molecule has 0 saturated heterocycles. The molecule has 0 aromatic heterocycles. The standard InChI is InChI=1S/C15H24BrNO3/c1-15(2,3)7-11(18)9-17-8-10-5-12(16)14(19)13(6-10)20-4/h5-6,11,17-19H,7-9H2,1-4H3. The smallest absolute Gasteiger partial charge is 0.172 e. The normalized spacial score (nSPS) is 13.3. The van der Waals surface area contributed by atoms with Gasteiger partial charge in [-0.1, -0.05) is 20.8 Å². The van der Waals surface area contributed by atoms with E-state index in [4.69, 9.17) is 4.74 Å². The van der Waals surface area contributed by atoms with E-state index in [1.54, 1.807) is 6.07 Å². The Hall–Kier alpha value is -0.780. The Morgan fingerprint density at radius 2 is 2.00 bits per heavy atom. The molecule has 1 unspecified atom stereocenters. The van der Waals surface area contributed by atoms with Crippen molar-refractivity contribution in [2.45, 2.75) is 39.8 Å². The summed E-state index contributed by atoms with van der Waals surface area (Å²) in [5.74, 6) is 0.537. The molecule has 1 aromatic carbocycles. The van der Waals surface area contributed by atoms with Gasteiger partial charge < -0.3 is 20.3 Å². The van der Waals surface area contributed by atoms with Crippen LogP contribution in [0.5, 0.6) is 11.5 Å². The molecule has 0 radical (unpaired) electrons. The lowest BCUT2D eigenvalue weighted by atomic mass is 9.89. The van der Waals surface area contributed by atoms with Gasteiger partial charge >= 0.3 is 0 Å². The summed E-state index contributed by atoms with van der Waals surface area (Å²) in [4.78, 5) is 0. The molecule has 0 aliphatic heterocycles. The number of nitrogens with one attached hydrogen (secondary N) is 1. The fraction of sp³-hybridized carbons (Fsp3) is 0.600. The molecule has 1 aromatic rings. The predicted octanol–water partition coefficient (Wildman–Crippen LogP) is 3.05. The summed E-state index contributed by atoms with van der Waals surface area (Å²) in [5.41, 5.74) is 1.10. The van der Waals surface area contributed by atoms with Crippen molar-refractivity contribution in [3.8, 4) is 11.5 Å². The van der Waals surface area contributed by atoms with Crippen LogP contribution < -0.4 is 10.1 Å². The number of hydrogen-bond acceptors (Lipinski definition) is 4. The Morgan fingerprint density at radius 3 is 2.55 bits per heavy atom. The number of phenols is 1. The zero-order valence-electron chi connectivity index (χ0n) is 12.5. The minimum absolute atomic E-state index is 0.101. The second kappa shape index (κ2) is 7.29. The molecule has 0 bridgehead atoms. The Bertz CT molecular complexity index is 443. The van der Waals surface area contributed by atoms with Gasteiger partial charge in [0.05, 0.1) is 17.7 Å². The molecule has 1 atom stereocenters. The van der Waals surface area contributed by atoms with Crippen LogP contribution in [-0.4, -0.2) is 30.0 Å². The molecule has 0 amide bonds. The number of benzene rings is 1. The van der Waals surface area contributed by atoms with Crippen molar-refractivity contribution in [3.63, 3.8) is 0 Å². The number of hydrogen-bond donors (Lipinski definition) is 3. The summed E-state index contributed by atoms with van der Waals surface area (Å²) in [6.45, 7) is 7.48. The van der Waals surface area contributed by atoms with Crippen molar-refractivity contribution in [1.29, 1.82) is 0 Å². The summed E-state index contributed by atoms with van der Waals surface area (Å²) in [7, 11) is 1.52. The van der Waals surface area contributed by atoms with Crippen LogP contribution >= 0.6 is 15.9 Å². The molecule has 4 nitrogen and oxygen atoms in total. The summed E-state index contributed by atoms with van der Waals surface area (Å²) < 4.78 is 5.70. The van der Waals surface area contributed by atoms with Crippen LogP contribution in [0, 0.1) is 5.41 Å². The maximum atomic E-state index is 9.93. The van der Waals surface area contributed by atoms with Gasteiger partial charge in [-0.3, -0.25) is 0 Å². The number of aliphatic hydroxyl groups is 1. The van der Waals surface area contributed by atoms with Crippen molar-refractivity contribution in [2.24, 2.45) is 5.41 Å². The molecule has 0 heterocycles. The topological polar surface area (TPSA) is 61.7 Å². The van der Waals surface area contributed by atoms with Crippen LogP contribution in [0.25, 0.3) is 0 Å². The van der Waals surface area contributed by atoms with Crippen LogP contribution in [-0.2, 0) is 6.54 Å². The Labute approximate surface area is 129 Å². The van der Waals surface area contributed by atoms with Gasteiger partial charge in [0.25, 0.3) is 0 Å². The summed E-state index contributed by atoms with van der Waals surface area (Å²) >= 11 is 3.29. The van der Waals surface area contributed by atoms with Crippen LogP contribution in [0.2, 0.25) is 0 Å². The van der Waals surface area contributed by atoms with Crippen LogP contribution in [0.4, 0.5) is 0 Å². The Kier molecular flexibility index (Phi) is 6.30. The number of halogens is 1. The molecule has 0 fully saturated rings. The highest BCUT2D eigenvalue weighted by molar-refractivity contribution is 9.10.